The Morgan fingerprint density at radius 2 is 2.08 bits per heavy atom. The maximum atomic E-state index is 11.6. The van der Waals surface area contributed by atoms with Crippen LogP contribution in [0.25, 0.3) is 11.4 Å². The molecule has 2 aromatic rings. The van der Waals surface area contributed by atoms with Crippen LogP contribution in [0.15, 0.2) is 30.6 Å². The molecule has 130 valence electrons. The standard InChI is InChI=1S/C17H24N4O2S/c1-13(2)21-17(6-8-19-21)16-5-4-14(11-18-16)10-15-7-9-20(12-15)24(3,22)23/h4-6,8,11,13,15H,7,9-10,12H2,1-3H3/t15-/m1/s1. The molecule has 0 unspecified atom stereocenters. The van der Waals surface area contributed by atoms with Crippen LogP contribution in [0, 0.1) is 5.92 Å². The third-order valence-electron chi connectivity index (χ3n) is 4.49. The molecular formula is C17H24N4O2S. The largest absolute Gasteiger partial charge is 0.261 e. The van der Waals surface area contributed by atoms with Crippen molar-refractivity contribution < 1.29 is 8.42 Å². The number of sulfonamides is 1. The van der Waals surface area contributed by atoms with Gasteiger partial charge in [0.1, 0.15) is 0 Å². The van der Waals surface area contributed by atoms with Gasteiger partial charge in [0, 0.05) is 31.5 Å². The van der Waals surface area contributed by atoms with E-state index in [-0.39, 0.29) is 6.04 Å². The molecule has 3 heterocycles. The average molecular weight is 348 g/mol. The van der Waals surface area contributed by atoms with Crippen molar-refractivity contribution in [1.29, 1.82) is 0 Å². The molecule has 0 radical (unpaired) electrons. The Kier molecular flexibility index (Phi) is 4.73. The molecule has 0 amide bonds. The first-order valence-electron chi connectivity index (χ1n) is 8.28. The molecule has 0 aliphatic carbocycles. The molecule has 2 aromatic heterocycles. The lowest BCUT2D eigenvalue weighted by molar-refractivity contribution is 0.460. The van der Waals surface area contributed by atoms with Crippen molar-refractivity contribution >= 4 is 10.0 Å². The third-order valence-corrected chi connectivity index (χ3v) is 5.76. The van der Waals surface area contributed by atoms with Crippen LogP contribution < -0.4 is 0 Å². The summed E-state index contributed by atoms with van der Waals surface area (Å²) in [4.78, 5) is 4.58. The van der Waals surface area contributed by atoms with Crippen LogP contribution >= 0.6 is 0 Å². The molecule has 1 atom stereocenters. The first kappa shape index (κ1) is 17.1. The minimum absolute atomic E-state index is 0.289. The van der Waals surface area contributed by atoms with Gasteiger partial charge in [-0.3, -0.25) is 9.67 Å². The van der Waals surface area contributed by atoms with E-state index in [0.29, 0.717) is 19.0 Å². The van der Waals surface area contributed by atoms with E-state index in [1.807, 2.05) is 23.0 Å². The summed E-state index contributed by atoms with van der Waals surface area (Å²) in [5.74, 6) is 0.369. The van der Waals surface area contributed by atoms with Crippen LogP contribution in [0.2, 0.25) is 0 Å². The fourth-order valence-electron chi connectivity index (χ4n) is 3.22. The topological polar surface area (TPSA) is 68.1 Å². The summed E-state index contributed by atoms with van der Waals surface area (Å²) in [7, 11) is -3.07. The number of nitrogens with zero attached hydrogens (tertiary/aromatic N) is 4. The van der Waals surface area contributed by atoms with E-state index in [9.17, 15) is 8.42 Å². The van der Waals surface area contributed by atoms with Crippen LogP contribution in [0.4, 0.5) is 0 Å². The molecule has 1 saturated heterocycles. The molecule has 0 aromatic carbocycles. The van der Waals surface area contributed by atoms with E-state index in [0.717, 1.165) is 29.8 Å². The van der Waals surface area contributed by atoms with E-state index < -0.39 is 10.0 Å². The molecule has 0 saturated carbocycles. The summed E-state index contributed by atoms with van der Waals surface area (Å²) in [5.41, 5.74) is 3.07. The van der Waals surface area contributed by atoms with Crippen LogP contribution in [-0.2, 0) is 16.4 Å². The second-order valence-electron chi connectivity index (χ2n) is 6.79. The van der Waals surface area contributed by atoms with Gasteiger partial charge in [0.2, 0.25) is 10.0 Å². The molecule has 1 aliphatic heterocycles. The van der Waals surface area contributed by atoms with Gasteiger partial charge in [0.25, 0.3) is 0 Å². The van der Waals surface area contributed by atoms with Gasteiger partial charge in [-0.2, -0.15) is 5.10 Å². The van der Waals surface area contributed by atoms with Crippen LogP contribution in [-0.4, -0.2) is 46.8 Å². The number of hydrogen-bond acceptors (Lipinski definition) is 4. The smallest absolute Gasteiger partial charge is 0.211 e. The van der Waals surface area contributed by atoms with E-state index in [2.05, 4.69) is 30.0 Å². The van der Waals surface area contributed by atoms with Gasteiger partial charge in [-0.15, -0.1) is 0 Å². The highest BCUT2D eigenvalue weighted by Crippen LogP contribution is 2.24. The molecule has 6 nitrogen and oxygen atoms in total. The number of hydrogen-bond donors (Lipinski definition) is 0. The van der Waals surface area contributed by atoms with Crippen molar-refractivity contribution in [3.05, 3.63) is 36.2 Å². The van der Waals surface area contributed by atoms with Crippen molar-refractivity contribution in [3.63, 3.8) is 0 Å². The van der Waals surface area contributed by atoms with Crippen molar-refractivity contribution in [3.8, 4) is 11.4 Å². The fraction of sp³-hybridized carbons (Fsp3) is 0.529. The predicted molar refractivity (Wildman–Crippen MR) is 94.1 cm³/mol. The fourth-order valence-corrected chi connectivity index (χ4v) is 4.14. The summed E-state index contributed by atoms with van der Waals surface area (Å²) >= 11 is 0. The summed E-state index contributed by atoms with van der Waals surface area (Å²) in [6, 6.07) is 6.37. The molecule has 0 N–H and O–H groups in total. The van der Waals surface area contributed by atoms with Crippen LogP contribution in [0.1, 0.15) is 31.9 Å². The number of rotatable bonds is 5. The summed E-state index contributed by atoms with van der Waals surface area (Å²) in [5, 5.41) is 4.34. The van der Waals surface area contributed by atoms with Gasteiger partial charge >= 0.3 is 0 Å². The van der Waals surface area contributed by atoms with Crippen molar-refractivity contribution in [2.75, 3.05) is 19.3 Å². The van der Waals surface area contributed by atoms with Gasteiger partial charge in [0.15, 0.2) is 0 Å². The average Bonchev–Trinajstić information content (AvgIpc) is 3.16. The lowest BCUT2D eigenvalue weighted by atomic mass is 10.00. The minimum Gasteiger partial charge on any atom is -0.261 e. The minimum atomic E-state index is -3.07. The number of aromatic nitrogens is 3. The molecule has 1 aliphatic rings. The second kappa shape index (κ2) is 6.64. The van der Waals surface area contributed by atoms with E-state index in [1.54, 1.807) is 10.5 Å². The van der Waals surface area contributed by atoms with Crippen molar-refractivity contribution in [2.45, 2.75) is 32.7 Å². The molecule has 24 heavy (non-hydrogen) atoms. The monoisotopic (exact) mass is 348 g/mol. The van der Waals surface area contributed by atoms with Crippen LogP contribution in [0.5, 0.6) is 0 Å². The lowest BCUT2D eigenvalue weighted by Crippen LogP contribution is -2.27. The second-order valence-corrected chi connectivity index (χ2v) is 8.77. The maximum absolute atomic E-state index is 11.6. The Morgan fingerprint density at radius 3 is 2.67 bits per heavy atom. The van der Waals surface area contributed by atoms with Gasteiger partial charge in [-0.05, 0) is 50.3 Å². The molecule has 0 spiro atoms. The third kappa shape index (κ3) is 3.67. The Hall–Kier alpha value is -1.73. The van der Waals surface area contributed by atoms with E-state index in [4.69, 9.17) is 0 Å². The molecule has 1 fully saturated rings. The quantitative estimate of drug-likeness (QED) is 0.832. The molecular weight excluding hydrogens is 324 g/mol. The molecule has 7 heteroatoms. The zero-order chi connectivity index (χ0) is 17.3. The Balaban J connectivity index is 1.69. The van der Waals surface area contributed by atoms with Crippen molar-refractivity contribution in [1.82, 2.24) is 19.1 Å². The summed E-state index contributed by atoms with van der Waals surface area (Å²) in [6.45, 7) is 5.43. The van der Waals surface area contributed by atoms with Crippen molar-refractivity contribution in [2.24, 2.45) is 5.92 Å². The normalized spacial score (nSPS) is 19.2. The van der Waals surface area contributed by atoms with E-state index >= 15 is 0 Å². The number of pyridine rings is 1. The SMILES string of the molecule is CC(C)n1nccc1-c1ccc(C[C@H]2CCN(S(C)(=O)=O)C2)cn1. The Bertz CT molecular complexity index is 796. The first-order valence-corrected chi connectivity index (χ1v) is 10.1. The van der Waals surface area contributed by atoms with Gasteiger partial charge in [-0.25, -0.2) is 12.7 Å². The zero-order valence-corrected chi connectivity index (χ0v) is 15.2. The Labute approximate surface area is 143 Å². The van der Waals surface area contributed by atoms with E-state index in [1.165, 1.54) is 6.26 Å². The van der Waals surface area contributed by atoms with Gasteiger partial charge < -0.3 is 0 Å². The first-order chi connectivity index (χ1) is 11.3. The maximum Gasteiger partial charge on any atom is 0.211 e. The van der Waals surface area contributed by atoms with Crippen LogP contribution in [0.3, 0.4) is 0 Å². The predicted octanol–water partition coefficient (Wildman–Crippen LogP) is 2.35. The highest BCUT2D eigenvalue weighted by atomic mass is 32.2. The van der Waals surface area contributed by atoms with Gasteiger partial charge in [0.05, 0.1) is 17.6 Å². The molecule has 3 rings (SSSR count). The van der Waals surface area contributed by atoms with Gasteiger partial charge in [-0.1, -0.05) is 6.07 Å². The zero-order valence-electron chi connectivity index (χ0n) is 14.4. The highest BCUT2D eigenvalue weighted by molar-refractivity contribution is 7.88. The summed E-state index contributed by atoms with van der Waals surface area (Å²) < 4.78 is 26.7. The molecule has 0 bridgehead atoms. The summed E-state index contributed by atoms with van der Waals surface area (Å²) in [6.07, 6.45) is 6.75. The lowest BCUT2D eigenvalue weighted by Gasteiger charge is -2.14. The highest BCUT2D eigenvalue weighted by Gasteiger charge is 2.28. The Morgan fingerprint density at radius 1 is 1.29 bits per heavy atom.